The molecule has 4 rings (SSSR count). The van der Waals surface area contributed by atoms with Crippen molar-refractivity contribution in [2.45, 2.75) is 0 Å². The number of benzene rings is 4. The first kappa shape index (κ1) is 12.9. The molecule has 0 aromatic heterocycles. The minimum absolute atomic E-state index is 0.385. The van der Waals surface area contributed by atoms with Crippen molar-refractivity contribution >= 4 is 49.7 Å². The molecular formula is C20H14Te. The summed E-state index contributed by atoms with van der Waals surface area (Å²) < 4.78 is 3.05. The molecule has 0 saturated heterocycles. The van der Waals surface area contributed by atoms with Gasteiger partial charge in [-0.15, -0.1) is 0 Å². The Hall–Kier alpha value is -1.81. The summed E-state index contributed by atoms with van der Waals surface area (Å²) in [7, 11) is 0. The average molecular weight is 382 g/mol. The van der Waals surface area contributed by atoms with Crippen LogP contribution in [0.1, 0.15) is 0 Å². The van der Waals surface area contributed by atoms with Crippen LogP contribution in [0.5, 0.6) is 0 Å². The van der Waals surface area contributed by atoms with Crippen molar-refractivity contribution in [2.24, 2.45) is 0 Å². The van der Waals surface area contributed by atoms with Gasteiger partial charge in [-0.05, 0) is 0 Å². The van der Waals surface area contributed by atoms with Gasteiger partial charge in [-0.3, -0.25) is 0 Å². The molecule has 0 bridgehead atoms. The van der Waals surface area contributed by atoms with Crippen LogP contribution in [-0.4, -0.2) is 20.9 Å². The van der Waals surface area contributed by atoms with Gasteiger partial charge in [0.15, 0.2) is 0 Å². The van der Waals surface area contributed by atoms with Gasteiger partial charge in [-0.1, -0.05) is 0 Å². The maximum absolute atomic E-state index is 2.30. The molecule has 4 aromatic rings. The van der Waals surface area contributed by atoms with Crippen LogP contribution in [0.3, 0.4) is 0 Å². The number of hydrogen-bond donors (Lipinski definition) is 0. The second kappa shape index (κ2) is 5.53. The average Bonchev–Trinajstić information content (AvgIpc) is 2.56. The molecule has 0 aliphatic rings. The van der Waals surface area contributed by atoms with Crippen LogP contribution < -0.4 is 7.22 Å². The van der Waals surface area contributed by atoms with Gasteiger partial charge in [-0.25, -0.2) is 0 Å². The summed E-state index contributed by atoms with van der Waals surface area (Å²) in [5, 5.41) is 5.52. The van der Waals surface area contributed by atoms with E-state index in [9.17, 15) is 0 Å². The predicted molar refractivity (Wildman–Crippen MR) is 92.9 cm³/mol. The normalized spacial score (nSPS) is 11.0. The van der Waals surface area contributed by atoms with Gasteiger partial charge in [0.2, 0.25) is 0 Å². The monoisotopic (exact) mass is 384 g/mol. The van der Waals surface area contributed by atoms with E-state index in [1.54, 1.807) is 0 Å². The van der Waals surface area contributed by atoms with Crippen molar-refractivity contribution in [3.8, 4) is 0 Å². The van der Waals surface area contributed by atoms with Crippen molar-refractivity contribution in [1.82, 2.24) is 0 Å². The summed E-state index contributed by atoms with van der Waals surface area (Å²) in [5.41, 5.74) is 0. The van der Waals surface area contributed by atoms with Crippen LogP contribution in [0.4, 0.5) is 0 Å². The first-order valence-electron chi connectivity index (χ1n) is 7.05. The van der Waals surface area contributed by atoms with Gasteiger partial charge >= 0.3 is 135 Å². The number of rotatable bonds is 2. The molecule has 0 aliphatic carbocycles. The van der Waals surface area contributed by atoms with E-state index in [1.807, 2.05) is 0 Å². The Labute approximate surface area is 134 Å². The molecule has 0 atom stereocenters. The number of fused-ring (bicyclic) bond motifs is 2. The Kier molecular flexibility index (Phi) is 3.39. The molecule has 100 valence electrons. The fraction of sp³-hybridized carbons (Fsp3) is 0. The molecule has 0 unspecified atom stereocenters. The predicted octanol–water partition coefficient (Wildman–Crippen LogP) is 3.65. The third kappa shape index (κ3) is 2.44. The molecule has 0 nitrogen and oxygen atoms in total. The summed E-state index contributed by atoms with van der Waals surface area (Å²) in [6, 6.07) is 30.8. The Morgan fingerprint density at radius 2 is 0.857 bits per heavy atom. The van der Waals surface area contributed by atoms with Crippen LogP contribution in [0.25, 0.3) is 21.5 Å². The van der Waals surface area contributed by atoms with Crippen LogP contribution in [0.15, 0.2) is 84.9 Å². The molecule has 0 fully saturated rings. The van der Waals surface area contributed by atoms with Gasteiger partial charge in [0, 0.05) is 0 Å². The van der Waals surface area contributed by atoms with E-state index in [0.29, 0.717) is 0 Å². The Morgan fingerprint density at radius 1 is 0.429 bits per heavy atom. The van der Waals surface area contributed by atoms with Crippen molar-refractivity contribution in [3.05, 3.63) is 84.9 Å². The second-order valence-electron chi connectivity index (χ2n) is 5.06. The maximum atomic E-state index is 2.30. The summed E-state index contributed by atoms with van der Waals surface area (Å²) in [5.74, 6) is 0. The number of hydrogen-bond acceptors (Lipinski definition) is 0. The van der Waals surface area contributed by atoms with E-state index in [2.05, 4.69) is 84.9 Å². The van der Waals surface area contributed by atoms with Crippen molar-refractivity contribution in [2.75, 3.05) is 0 Å². The van der Waals surface area contributed by atoms with Gasteiger partial charge in [0.1, 0.15) is 0 Å². The third-order valence-corrected chi connectivity index (χ3v) is 7.01. The fourth-order valence-electron chi connectivity index (χ4n) is 2.69. The molecule has 0 spiro atoms. The third-order valence-electron chi connectivity index (χ3n) is 3.72. The zero-order valence-electron chi connectivity index (χ0n) is 11.5. The van der Waals surface area contributed by atoms with Gasteiger partial charge in [-0.2, -0.15) is 0 Å². The molecule has 4 aromatic carbocycles. The van der Waals surface area contributed by atoms with Gasteiger partial charge in [0.25, 0.3) is 0 Å². The van der Waals surface area contributed by atoms with E-state index in [-0.39, 0.29) is 20.9 Å². The molecule has 0 aliphatic heterocycles. The summed E-state index contributed by atoms with van der Waals surface area (Å²) in [6.07, 6.45) is 0. The zero-order valence-corrected chi connectivity index (χ0v) is 13.8. The Morgan fingerprint density at radius 3 is 1.38 bits per heavy atom. The van der Waals surface area contributed by atoms with E-state index in [1.165, 1.54) is 28.8 Å². The van der Waals surface area contributed by atoms with Gasteiger partial charge in [0.05, 0.1) is 0 Å². The molecule has 1 heteroatoms. The van der Waals surface area contributed by atoms with Crippen LogP contribution in [0.2, 0.25) is 0 Å². The van der Waals surface area contributed by atoms with Crippen molar-refractivity contribution in [1.29, 1.82) is 0 Å². The zero-order chi connectivity index (χ0) is 14.1. The second-order valence-corrected chi connectivity index (χ2v) is 8.15. The summed E-state index contributed by atoms with van der Waals surface area (Å²) in [4.78, 5) is 0. The standard InChI is InChI=1S/C20H14Te/c1-3-11-17-15(7-1)9-5-13-19(17)21-20-14-6-10-16-8-2-4-12-18(16)20/h1-14H. The minimum atomic E-state index is -0.385. The van der Waals surface area contributed by atoms with E-state index >= 15 is 0 Å². The van der Waals surface area contributed by atoms with Crippen LogP contribution in [0, 0.1) is 0 Å². The molecule has 0 saturated carbocycles. The fourth-order valence-corrected chi connectivity index (χ4v) is 5.89. The molecule has 0 heterocycles. The van der Waals surface area contributed by atoms with Crippen LogP contribution in [-0.2, 0) is 0 Å². The molecule has 21 heavy (non-hydrogen) atoms. The van der Waals surface area contributed by atoms with Gasteiger partial charge < -0.3 is 0 Å². The SMILES string of the molecule is c1ccc2c([Te]c3cccc4ccccc34)cccc2c1. The molecule has 0 N–H and O–H groups in total. The Balaban J connectivity index is 1.87. The molecular weight excluding hydrogens is 368 g/mol. The topological polar surface area (TPSA) is 0 Å². The first-order chi connectivity index (χ1) is 10.4. The Bertz CT molecular complexity index is 837. The van der Waals surface area contributed by atoms with E-state index in [0.717, 1.165) is 0 Å². The summed E-state index contributed by atoms with van der Waals surface area (Å²) >= 11 is -0.385. The quantitative estimate of drug-likeness (QED) is 0.465. The molecule has 0 amide bonds. The van der Waals surface area contributed by atoms with Crippen molar-refractivity contribution in [3.63, 3.8) is 0 Å². The summed E-state index contributed by atoms with van der Waals surface area (Å²) in [6.45, 7) is 0. The van der Waals surface area contributed by atoms with Crippen molar-refractivity contribution < 1.29 is 0 Å². The first-order valence-corrected chi connectivity index (χ1v) is 9.38. The van der Waals surface area contributed by atoms with Crippen LogP contribution >= 0.6 is 0 Å². The van der Waals surface area contributed by atoms with E-state index in [4.69, 9.17) is 0 Å². The molecule has 0 radical (unpaired) electrons. The van der Waals surface area contributed by atoms with E-state index < -0.39 is 0 Å².